The van der Waals surface area contributed by atoms with Crippen LogP contribution in [0.15, 0.2) is 65.6 Å². The molecular formula is C21H20N2O3S. The number of amides is 1. The second-order valence-corrected chi connectivity index (χ2v) is 8.41. The molecule has 5 nitrogen and oxygen atoms in total. The summed E-state index contributed by atoms with van der Waals surface area (Å²) < 4.78 is 28.7. The fourth-order valence-corrected chi connectivity index (χ4v) is 4.81. The zero-order chi connectivity index (χ0) is 19.0. The summed E-state index contributed by atoms with van der Waals surface area (Å²) in [6.07, 6.45) is 0.783. The number of nitrogens with one attached hydrogen (secondary N) is 1. The lowest BCUT2D eigenvalue weighted by molar-refractivity contribution is -0.129. The van der Waals surface area contributed by atoms with Crippen LogP contribution < -0.4 is 4.72 Å². The third-order valence-corrected chi connectivity index (χ3v) is 6.39. The van der Waals surface area contributed by atoms with Gasteiger partial charge in [-0.1, -0.05) is 42.5 Å². The van der Waals surface area contributed by atoms with Gasteiger partial charge < -0.3 is 4.90 Å². The SMILES string of the molecule is CC(=O)N1CCc2ccc(NS(=O)(=O)c3cccc4ccccc34)cc2C1. The van der Waals surface area contributed by atoms with Gasteiger partial charge in [0.2, 0.25) is 5.91 Å². The van der Waals surface area contributed by atoms with Crippen LogP contribution >= 0.6 is 0 Å². The molecular weight excluding hydrogens is 360 g/mol. The molecule has 0 fully saturated rings. The van der Waals surface area contributed by atoms with Crippen molar-refractivity contribution in [3.63, 3.8) is 0 Å². The van der Waals surface area contributed by atoms with E-state index in [4.69, 9.17) is 0 Å². The van der Waals surface area contributed by atoms with Gasteiger partial charge in [-0.25, -0.2) is 8.42 Å². The number of sulfonamides is 1. The number of carbonyl (C=O) groups is 1. The van der Waals surface area contributed by atoms with E-state index in [1.165, 1.54) is 0 Å². The van der Waals surface area contributed by atoms with Crippen molar-refractivity contribution >= 4 is 32.4 Å². The highest BCUT2D eigenvalue weighted by Crippen LogP contribution is 2.27. The van der Waals surface area contributed by atoms with Crippen LogP contribution in [0.4, 0.5) is 5.69 Å². The fourth-order valence-electron chi connectivity index (χ4n) is 3.53. The first kappa shape index (κ1) is 17.5. The van der Waals surface area contributed by atoms with Crippen LogP contribution in [0.2, 0.25) is 0 Å². The minimum absolute atomic E-state index is 0.0300. The van der Waals surface area contributed by atoms with Gasteiger partial charge in [0.05, 0.1) is 4.90 Å². The maximum absolute atomic E-state index is 13.0. The van der Waals surface area contributed by atoms with Crippen molar-refractivity contribution in [2.24, 2.45) is 0 Å². The highest BCUT2D eigenvalue weighted by Gasteiger charge is 2.21. The summed E-state index contributed by atoms with van der Waals surface area (Å²) in [6.45, 7) is 2.76. The smallest absolute Gasteiger partial charge is 0.262 e. The molecule has 4 rings (SSSR count). The molecule has 1 aliphatic heterocycles. The van der Waals surface area contributed by atoms with Gasteiger partial charge in [0.15, 0.2) is 0 Å². The maximum atomic E-state index is 13.0. The topological polar surface area (TPSA) is 66.5 Å². The molecule has 0 unspecified atom stereocenters. The molecule has 27 heavy (non-hydrogen) atoms. The summed E-state index contributed by atoms with van der Waals surface area (Å²) in [5.74, 6) is 0.0300. The number of hydrogen-bond donors (Lipinski definition) is 1. The van der Waals surface area contributed by atoms with E-state index in [2.05, 4.69) is 4.72 Å². The molecule has 0 radical (unpaired) electrons. The number of anilines is 1. The summed E-state index contributed by atoms with van der Waals surface area (Å²) in [5, 5.41) is 1.57. The van der Waals surface area contributed by atoms with E-state index in [0.29, 0.717) is 24.2 Å². The molecule has 0 spiro atoms. The standard InChI is InChI=1S/C21H20N2O3S/c1-15(24)23-12-11-16-9-10-19(13-18(16)14-23)22-27(25,26)21-8-4-6-17-5-2-3-7-20(17)21/h2-10,13,22H,11-12,14H2,1H3. The Kier molecular flexibility index (Phi) is 4.36. The largest absolute Gasteiger partial charge is 0.338 e. The second kappa shape index (κ2) is 6.70. The molecule has 1 aliphatic rings. The normalized spacial score (nSPS) is 14.0. The minimum Gasteiger partial charge on any atom is -0.338 e. The Morgan fingerprint density at radius 2 is 1.78 bits per heavy atom. The molecule has 3 aromatic rings. The van der Waals surface area contributed by atoms with E-state index >= 15 is 0 Å². The van der Waals surface area contributed by atoms with E-state index in [1.807, 2.05) is 42.5 Å². The van der Waals surface area contributed by atoms with Gasteiger partial charge in [-0.2, -0.15) is 0 Å². The molecule has 1 N–H and O–H groups in total. The summed E-state index contributed by atoms with van der Waals surface area (Å²) in [7, 11) is -3.73. The lowest BCUT2D eigenvalue weighted by Gasteiger charge is -2.28. The first-order chi connectivity index (χ1) is 12.9. The maximum Gasteiger partial charge on any atom is 0.262 e. The van der Waals surface area contributed by atoms with E-state index in [0.717, 1.165) is 22.9 Å². The Bertz CT molecular complexity index is 1130. The van der Waals surface area contributed by atoms with Crippen LogP contribution in [0.5, 0.6) is 0 Å². The van der Waals surface area contributed by atoms with Gasteiger partial charge in [-0.05, 0) is 41.1 Å². The highest BCUT2D eigenvalue weighted by molar-refractivity contribution is 7.93. The van der Waals surface area contributed by atoms with Gasteiger partial charge in [0, 0.05) is 31.1 Å². The summed E-state index contributed by atoms with van der Waals surface area (Å²) >= 11 is 0. The number of rotatable bonds is 3. The average molecular weight is 380 g/mol. The van der Waals surface area contributed by atoms with Gasteiger partial charge >= 0.3 is 0 Å². The van der Waals surface area contributed by atoms with Crippen molar-refractivity contribution in [2.75, 3.05) is 11.3 Å². The Balaban J connectivity index is 1.67. The first-order valence-electron chi connectivity index (χ1n) is 8.82. The van der Waals surface area contributed by atoms with Gasteiger partial charge in [0.1, 0.15) is 0 Å². The minimum atomic E-state index is -3.73. The Morgan fingerprint density at radius 3 is 2.59 bits per heavy atom. The zero-order valence-corrected chi connectivity index (χ0v) is 15.8. The summed E-state index contributed by atoms with van der Waals surface area (Å²) in [6, 6.07) is 18.2. The molecule has 6 heteroatoms. The first-order valence-corrected chi connectivity index (χ1v) is 10.3. The quantitative estimate of drug-likeness (QED) is 0.756. The molecule has 3 aromatic carbocycles. The van der Waals surface area contributed by atoms with Gasteiger partial charge in [-0.15, -0.1) is 0 Å². The molecule has 0 aliphatic carbocycles. The molecule has 1 amide bonds. The fraction of sp³-hybridized carbons (Fsp3) is 0.190. The summed E-state index contributed by atoms with van der Waals surface area (Å²) in [4.78, 5) is 13.7. The van der Waals surface area contributed by atoms with E-state index in [1.54, 1.807) is 30.0 Å². The molecule has 0 atom stereocenters. The number of nitrogens with zero attached hydrogens (tertiary/aromatic N) is 1. The van der Waals surface area contributed by atoms with Crippen molar-refractivity contribution in [3.05, 3.63) is 71.8 Å². The van der Waals surface area contributed by atoms with Crippen LogP contribution in [0, 0.1) is 0 Å². The van der Waals surface area contributed by atoms with Crippen molar-refractivity contribution in [1.82, 2.24) is 4.90 Å². The number of fused-ring (bicyclic) bond motifs is 2. The van der Waals surface area contributed by atoms with Crippen LogP contribution in [0.25, 0.3) is 10.8 Å². The van der Waals surface area contributed by atoms with Gasteiger partial charge in [0.25, 0.3) is 10.0 Å². The van der Waals surface area contributed by atoms with Crippen LogP contribution in [-0.4, -0.2) is 25.8 Å². The monoisotopic (exact) mass is 380 g/mol. The van der Waals surface area contributed by atoms with Crippen LogP contribution in [0.1, 0.15) is 18.1 Å². The van der Waals surface area contributed by atoms with Crippen LogP contribution in [0.3, 0.4) is 0 Å². The molecule has 1 heterocycles. The van der Waals surface area contributed by atoms with Gasteiger partial charge in [-0.3, -0.25) is 9.52 Å². The van der Waals surface area contributed by atoms with Crippen molar-refractivity contribution < 1.29 is 13.2 Å². The van der Waals surface area contributed by atoms with Crippen LogP contribution in [-0.2, 0) is 27.8 Å². The second-order valence-electron chi connectivity index (χ2n) is 6.76. The van der Waals surface area contributed by atoms with E-state index in [-0.39, 0.29) is 10.8 Å². The van der Waals surface area contributed by atoms with E-state index < -0.39 is 10.0 Å². The predicted octanol–water partition coefficient (Wildman–Crippen LogP) is 3.55. The predicted molar refractivity (Wildman–Crippen MR) is 106 cm³/mol. The Hall–Kier alpha value is -2.86. The molecule has 138 valence electrons. The third-order valence-electron chi connectivity index (χ3n) is 4.96. The number of benzene rings is 3. The highest BCUT2D eigenvalue weighted by atomic mass is 32.2. The lowest BCUT2D eigenvalue weighted by Crippen LogP contribution is -2.34. The molecule has 0 bridgehead atoms. The Morgan fingerprint density at radius 1 is 1.00 bits per heavy atom. The number of hydrogen-bond acceptors (Lipinski definition) is 3. The summed E-state index contributed by atoms with van der Waals surface area (Å²) in [5.41, 5.74) is 2.64. The average Bonchev–Trinajstić information content (AvgIpc) is 2.66. The third kappa shape index (κ3) is 3.40. The molecule has 0 saturated carbocycles. The lowest BCUT2D eigenvalue weighted by atomic mass is 9.99. The molecule has 0 saturated heterocycles. The number of carbonyl (C=O) groups excluding carboxylic acids is 1. The molecule has 0 aromatic heterocycles. The van der Waals surface area contributed by atoms with Crippen molar-refractivity contribution in [3.8, 4) is 0 Å². The van der Waals surface area contributed by atoms with Crippen molar-refractivity contribution in [2.45, 2.75) is 24.8 Å². The Labute approximate surface area is 158 Å². The van der Waals surface area contributed by atoms with Crippen molar-refractivity contribution in [1.29, 1.82) is 0 Å². The zero-order valence-electron chi connectivity index (χ0n) is 15.0. The van der Waals surface area contributed by atoms with E-state index in [9.17, 15) is 13.2 Å².